The molecule has 0 radical (unpaired) electrons. The van der Waals surface area contributed by atoms with Crippen LogP contribution in [0.5, 0.6) is 0 Å². The van der Waals surface area contributed by atoms with Crippen molar-refractivity contribution in [2.45, 2.75) is 38.5 Å². The molecule has 1 amide bonds. The Morgan fingerprint density at radius 3 is 2.80 bits per heavy atom. The number of carboxylic acids is 1. The van der Waals surface area contributed by atoms with E-state index in [2.05, 4.69) is 0 Å². The summed E-state index contributed by atoms with van der Waals surface area (Å²) in [4.78, 5) is 24.9. The van der Waals surface area contributed by atoms with E-state index in [-0.39, 0.29) is 13.0 Å². The molecular weight excluding hydrogens is 284 g/mol. The zero-order chi connectivity index (χ0) is 14.9. The first-order valence-corrected chi connectivity index (χ1v) is 6.89. The number of aliphatic carboxylic acids is 1. The predicted octanol–water partition coefficient (Wildman–Crippen LogP) is 1.21. The molecule has 2 N–H and O–H groups in total. The van der Waals surface area contributed by atoms with Crippen molar-refractivity contribution >= 4 is 23.5 Å². The van der Waals surface area contributed by atoms with Gasteiger partial charge in [-0.05, 0) is 12.5 Å². The molecule has 0 unspecified atom stereocenters. The Kier molecular flexibility index (Phi) is 4.35. The number of aliphatic hydroxyl groups is 1. The van der Waals surface area contributed by atoms with Crippen molar-refractivity contribution in [2.75, 3.05) is 6.54 Å². The zero-order valence-electron chi connectivity index (χ0n) is 11.1. The first kappa shape index (κ1) is 14.9. The fourth-order valence-electron chi connectivity index (χ4n) is 2.50. The van der Waals surface area contributed by atoms with Crippen LogP contribution < -0.4 is 0 Å². The summed E-state index contributed by atoms with van der Waals surface area (Å²) in [5, 5.41) is 19.2. The molecule has 2 rings (SSSR count). The maximum Gasteiger partial charge on any atom is 0.326 e. The minimum Gasteiger partial charge on any atom is -0.480 e. The smallest absolute Gasteiger partial charge is 0.326 e. The van der Waals surface area contributed by atoms with E-state index >= 15 is 0 Å². The van der Waals surface area contributed by atoms with Gasteiger partial charge < -0.3 is 19.7 Å². The number of carboxylic acid groups (broad SMARTS) is 1. The van der Waals surface area contributed by atoms with Crippen LogP contribution in [-0.2, 0) is 11.3 Å². The van der Waals surface area contributed by atoms with Gasteiger partial charge in [-0.1, -0.05) is 18.5 Å². The third kappa shape index (κ3) is 2.81. The number of halogens is 1. The van der Waals surface area contributed by atoms with Crippen LogP contribution in [0.4, 0.5) is 0 Å². The molecule has 1 saturated heterocycles. The number of aromatic nitrogens is 1. The molecule has 1 aliphatic rings. The number of aliphatic hydroxyl groups excluding tert-OH is 1. The molecule has 0 spiro atoms. The molecule has 0 aromatic carbocycles. The number of aryl methyl sites for hydroxylation is 1. The van der Waals surface area contributed by atoms with Crippen molar-refractivity contribution < 1.29 is 19.8 Å². The second-order valence-electron chi connectivity index (χ2n) is 4.94. The van der Waals surface area contributed by atoms with Gasteiger partial charge in [0.2, 0.25) is 0 Å². The van der Waals surface area contributed by atoms with E-state index in [1.165, 1.54) is 11.0 Å². The summed E-state index contributed by atoms with van der Waals surface area (Å²) in [5.74, 6) is -1.51. The van der Waals surface area contributed by atoms with Crippen molar-refractivity contribution in [2.24, 2.45) is 0 Å². The van der Waals surface area contributed by atoms with E-state index in [1.54, 1.807) is 10.8 Å². The maximum absolute atomic E-state index is 12.5. The Labute approximate surface area is 121 Å². The van der Waals surface area contributed by atoms with Gasteiger partial charge in [-0.3, -0.25) is 4.79 Å². The summed E-state index contributed by atoms with van der Waals surface area (Å²) in [5.41, 5.74) is 0.359. The van der Waals surface area contributed by atoms with Crippen LogP contribution in [-0.4, -0.2) is 50.2 Å². The lowest BCUT2D eigenvalue weighted by atomic mass is 10.2. The van der Waals surface area contributed by atoms with Gasteiger partial charge in [0, 0.05) is 25.7 Å². The number of carbonyl (C=O) groups excluding carboxylic acids is 1. The monoisotopic (exact) mass is 300 g/mol. The topological polar surface area (TPSA) is 82.8 Å². The minimum atomic E-state index is -1.10. The Bertz CT molecular complexity index is 528. The Hall–Kier alpha value is -1.53. The van der Waals surface area contributed by atoms with Crippen LogP contribution in [0.2, 0.25) is 5.02 Å². The number of likely N-dealkylation sites (tertiary alicyclic amines) is 1. The number of β-amino-alcohol motifs (C(OH)–C–C–N with tert-alkyl or cyclic N) is 1. The summed E-state index contributed by atoms with van der Waals surface area (Å²) < 4.78 is 1.72. The van der Waals surface area contributed by atoms with Gasteiger partial charge in [-0.15, -0.1) is 0 Å². The van der Waals surface area contributed by atoms with Gasteiger partial charge >= 0.3 is 5.97 Å². The van der Waals surface area contributed by atoms with Crippen LogP contribution in [0.1, 0.15) is 30.3 Å². The van der Waals surface area contributed by atoms with Crippen molar-refractivity contribution in [1.82, 2.24) is 9.47 Å². The van der Waals surface area contributed by atoms with Crippen molar-refractivity contribution in [3.63, 3.8) is 0 Å². The third-order valence-electron chi connectivity index (χ3n) is 3.37. The molecule has 1 aliphatic heterocycles. The molecule has 0 bridgehead atoms. The van der Waals surface area contributed by atoms with E-state index in [9.17, 15) is 14.7 Å². The molecule has 6 nitrogen and oxygen atoms in total. The summed E-state index contributed by atoms with van der Waals surface area (Å²) in [6.45, 7) is 2.63. The largest absolute Gasteiger partial charge is 0.480 e. The zero-order valence-corrected chi connectivity index (χ0v) is 11.9. The Morgan fingerprint density at radius 1 is 1.50 bits per heavy atom. The number of hydrogen-bond donors (Lipinski definition) is 2. The first-order chi connectivity index (χ1) is 9.43. The highest BCUT2D eigenvalue weighted by atomic mass is 35.5. The highest BCUT2D eigenvalue weighted by Gasteiger charge is 2.40. The molecule has 2 atom stereocenters. The molecule has 110 valence electrons. The average molecular weight is 301 g/mol. The summed E-state index contributed by atoms with van der Waals surface area (Å²) in [6.07, 6.45) is 1.74. The van der Waals surface area contributed by atoms with Crippen LogP contribution in [0.25, 0.3) is 0 Å². The number of rotatable bonds is 4. The number of carbonyl (C=O) groups is 2. The standard InChI is InChI=1S/C13H17ClN2O4/c1-2-3-15-6-8(14)4-10(15)12(18)16-7-9(17)5-11(16)13(19)20/h4,6,9,11,17H,2-3,5,7H2,1H3,(H,19,20)/t9-,11+/m1/s1. The summed E-state index contributed by atoms with van der Waals surface area (Å²) in [6, 6.07) is 0.546. The number of nitrogens with zero attached hydrogens (tertiary/aromatic N) is 2. The van der Waals surface area contributed by atoms with Crippen molar-refractivity contribution in [3.05, 3.63) is 23.0 Å². The van der Waals surface area contributed by atoms with Crippen LogP contribution in [0.3, 0.4) is 0 Å². The lowest BCUT2D eigenvalue weighted by Crippen LogP contribution is -2.41. The quantitative estimate of drug-likeness (QED) is 0.875. The molecule has 1 aromatic heterocycles. The maximum atomic E-state index is 12.5. The van der Waals surface area contributed by atoms with E-state index in [1.807, 2.05) is 6.92 Å². The van der Waals surface area contributed by atoms with Crippen LogP contribution in [0.15, 0.2) is 12.3 Å². The predicted molar refractivity (Wildman–Crippen MR) is 72.8 cm³/mol. The average Bonchev–Trinajstić information content (AvgIpc) is 2.92. The molecule has 0 aliphatic carbocycles. The van der Waals surface area contributed by atoms with E-state index in [0.29, 0.717) is 17.3 Å². The van der Waals surface area contributed by atoms with Gasteiger partial charge in [0.15, 0.2) is 0 Å². The minimum absolute atomic E-state index is 0.0325. The van der Waals surface area contributed by atoms with Gasteiger partial charge in [-0.2, -0.15) is 0 Å². The van der Waals surface area contributed by atoms with Crippen molar-refractivity contribution in [3.8, 4) is 0 Å². The van der Waals surface area contributed by atoms with Gasteiger partial charge in [-0.25, -0.2) is 4.79 Å². The Morgan fingerprint density at radius 2 is 2.20 bits per heavy atom. The molecular formula is C13H17ClN2O4. The number of amides is 1. The second kappa shape index (κ2) is 5.85. The van der Waals surface area contributed by atoms with E-state index < -0.39 is 24.0 Å². The third-order valence-corrected chi connectivity index (χ3v) is 3.58. The lowest BCUT2D eigenvalue weighted by molar-refractivity contribution is -0.141. The van der Waals surface area contributed by atoms with Gasteiger partial charge in [0.25, 0.3) is 5.91 Å². The molecule has 1 fully saturated rings. The Balaban J connectivity index is 2.28. The van der Waals surface area contributed by atoms with Crippen LogP contribution in [0, 0.1) is 0 Å². The van der Waals surface area contributed by atoms with Gasteiger partial charge in [0.05, 0.1) is 11.1 Å². The fourth-order valence-corrected chi connectivity index (χ4v) is 2.72. The summed E-state index contributed by atoms with van der Waals surface area (Å²) >= 11 is 5.92. The van der Waals surface area contributed by atoms with Crippen LogP contribution >= 0.6 is 11.6 Å². The molecule has 20 heavy (non-hydrogen) atoms. The molecule has 7 heteroatoms. The molecule has 0 saturated carbocycles. The van der Waals surface area contributed by atoms with Gasteiger partial charge in [0.1, 0.15) is 11.7 Å². The highest BCUT2D eigenvalue weighted by molar-refractivity contribution is 6.31. The normalized spacial score (nSPS) is 22.2. The first-order valence-electron chi connectivity index (χ1n) is 6.51. The van der Waals surface area contributed by atoms with E-state index in [0.717, 1.165) is 6.42 Å². The summed E-state index contributed by atoms with van der Waals surface area (Å²) in [7, 11) is 0. The van der Waals surface area contributed by atoms with E-state index in [4.69, 9.17) is 16.7 Å². The molecule has 2 heterocycles. The second-order valence-corrected chi connectivity index (χ2v) is 5.37. The lowest BCUT2D eigenvalue weighted by Gasteiger charge is -2.21. The highest BCUT2D eigenvalue weighted by Crippen LogP contribution is 2.23. The molecule has 1 aromatic rings. The van der Waals surface area contributed by atoms with Crippen molar-refractivity contribution in [1.29, 1.82) is 0 Å². The number of hydrogen-bond acceptors (Lipinski definition) is 3. The SMILES string of the molecule is CCCn1cc(Cl)cc1C(=O)N1C[C@H](O)C[C@H]1C(=O)O. The fraction of sp³-hybridized carbons (Fsp3) is 0.538.